The number of quaternary nitrogens is 1. The zero-order chi connectivity index (χ0) is 19.3. The lowest BCUT2D eigenvalue weighted by atomic mass is 9.94. The molecule has 0 radical (unpaired) electrons. The van der Waals surface area contributed by atoms with Crippen LogP contribution >= 0.6 is 11.6 Å². The first-order valence-electron chi connectivity index (χ1n) is 9.37. The Hall–Kier alpha value is -2.82. The largest absolute Gasteiger partial charge is 0.434 e. The van der Waals surface area contributed by atoms with Gasteiger partial charge in [0.2, 0.25) is 6.10 Å². The van der Waals surface area contributed by atoms with E-state index in [1.54, 1.807) is 24.3 Å². The Morgan fingerprint density at radius 3 is 1.96 bits per heavy atom. The molecule has 0 bridgehead atoms. The molecule has 0 spiro atoms. The van der Waals surface area contributed by atoms with Crippen LogP contribution in [0.4, 0.5) is 10.5 Å². The molecule has 1 aliphatic heterocycles. The van der Waals surface area contributed by atoms with E-state index in [-0.39, 0.29) is 12.1 Å². The van der Waals surface area contributed by atoms with Gasteiger partial charge in [0.15, 0.2) is 0 Å². The van der Waals surface area contributed by atoms with E-state index < -0.39 is 6.09 Å². The molecule has 0 unspecified atom stereocenters. The number of hydrogen-bond acceptors (Lipinski definition) is 2. The summed E-state index contributed by atoms with van der Waals surface area (Å²) in [5.74, 6) is 0. The molecule has 4 nitrogen and oxygen atoms in total. The Morgan fingerprint density at radius 1 is 0.893 bits per heavy atom. The third-order valence-corrected chi connectivity index (χ3v) is 5.27. The Balaban J connectivity index is 1.38. The van der Waals surface area contributed by atoms with E-state index in [2.05, 4.69) is 53.8 Å². The van der Waals surface area contributed by atoms with E-state index in [0.717, 1.165) is 13.1 Å². The summed E-state index contributed by atoms with van der Waals surface area (Å²) in [6, 6.07) is 28.2. The van der Waals surface area contributed by atoms with E-state index in [4.69, 9.17) is 16.3 Å². The van der Waals surface area contributed by atoms with Gasteiger partial charge in [-0.3, -0.25) is 5.32 Å². The van der Waals surface area contributed by atoms with E-state index >= 15 is 0 Å². The third kappa shape index (κ3) is 4.35. The average molecular weight is 394 g/mol. The summed E-state index contributed by atoms with van der Waals surface area (Å²) >= 11 is 5.86. The molecule has 142 valence electrons. The Bertz CT molecular complexity index is 871. The van der Waals surface area contributed by atoms with Crippen molar-refractivity contribution in [1.82, 2.24) is 0 Å². The van der Waals surface area contributed by atoms with Gasteiger partial charge in [0, 0.05) is 21.8 Å². The second kappa shape index (κ2) is 8.46. The molecule has 1 amide bonds. The molecule has 1 fully saturated rings. The van der Waals surface area contributed by atoms with Crippen LogP contribution in [0, 0.1) is 0 Å². The van der Waals surface area contributed by atoms with Crippen LogP contribution in [-0.2, 0) is 4.74 Å². The molecule has 0 aromatic heterocycles. The third-order valence-electron chi connectivity index (χ3n) is 5.02. The number of likely N-dealkylation sites (tertiary alicyclic amines) is 1. The molecule has 4 rings (SSSR count). The van der Waals surface area contributed by atoms with Gasteiger partial charge < -0.3 is 9.64 Å². The Labute approximate surface area is 169 Å². The molecule has 0 saturated carbocycles. The minimum absolute atomic E-state index is 0.0859. The highest BCUT2D eigenvalue weighted by Gasteiger charge is 2.40. The molecular formula is C23H22ClN2O2+. The van der Waals surface area contributed by atoms with Crippen LogP contribution in [0.5, 0.6) is 0 Å². The predicted molar refractivity (Wildman–Crippen MR) is 111 cm³/mol. The number of halogens is 1. The molecule has 3 aromatic carbocycles. The van der Waals surface area contributed by atoms with Gasteiger partial charge in [-0.05, 0) is 24.3 Å². The molecule has 1 heterocycles. The van der Waals surface area contributed by atoms with Gasteiger partial charge >= 0.3 is 6.09 Å². The lowest BCUT2D eigenvalue weighted by molar-refractivity contribution is -0.971. The summed E-state index contributed by atoms with van der Waals surface area (Å²) in [4.78, 5) is 13.5. The SMILES string of the molecule is O=C(Nc1ccc(Cl)cc1)OC1C[NH+](C(c2ccccc2)c2ccccc2)C1. The van der Waals surface area contributed by atoms with Gasteiger partial charge in [0.1, 0.15) is 19.1 Å². The molecule has 28 heavy (non-hydrogen) atoms. The second-order valence-corrected chi connectivity index (χ2v) is 7.42. The van der Waals surface area contributed by atoms with Crippen LogP contribution in [0.1, 0.15) is 17.2 Å². The Kier molecular flexibility index (Phi) is 5.60. The molecule has 3 aromatic rings. The minimum Gasteiger partial charge on any atom is -0.434 e. The van der Waals surface area contributed by atoms with Gasteiger partial charge in [-0.2, -0.15) is 0 Å². The summed E-state index contributed by atoms with van der Waals surface area (Å²) in [6.45, 7) is 1.56. The lowest BCUT2D eigenvalue weighted by Gasteiger charge is -2.40. The van der Waals surface area contributed by atoms with Crippen molar-refractivity contribution in [3.8, 4) is 0 Å². The monoisotopic (exact) mass is 393 g/mol. The first-order valence-corrected chi connectivity index (χ1v) is 9.74. The highest BCUT2D eigenvalue weighted by molar-refractivity contribution is 6.30. The van der Waals surface area contributed by atoms with Crippen molar-refractivity contribution >= 4 is 23.4 Å². The van der Waals surface area contributed by atoms with E-state index in [1.807, 2.05) is 12.1 Å². The quantitative estimate of drug-likeness (QED) is 0.689. The number of ether oxygens (including phenoxy) is 1. The number of carbonyl (C=O) groups is 1. The maximum Gasteiger partial charge on any atom is 0.412 e. The molecule has 5 heteroatoms. The summed E-state index contributed by atoms with van der Waals surface area (Å²) in [5, 5.41) is 3.38. The van der Waals surface area contributed by atoms with Crippen LogP contribution < -0.4 is 10.2 Å². The number of hydrogen-bond donors (Lipinski definition) is 2. The smallest absolute Gasteiger partial charge is 0.412 e. The topological polar surface area (TPSA) is 42.8 Å². The van der Waals surface area contributed by atoms with E-state index in [9.17, 15) is 4.79 Å². The zero-order valence-corrected chi connectivity index (χ0v) is 16.1. The van der Waals surface area contributed by atoms with Crippen LogP contribution in [0.25, 0.3) is 0 Å². The molecule has 2 N–H and O–H groups in total. The fourth-order valence-electron chi connectivity index (χ4n) is 3.63. The number of nitrogens with one attached hydrogen (secondary N) is 2. The normalized spacial score (nSPS) is 18.4. The van der Waals surface area contributed by atoms with Crippen molar-refractivity contribution in [2.75, 3.05) is 18.4 Å². The maximum absolute atomic E-state index is 12.1. The maximum atomic E-state index is 12.1. The average Bonchev–Trinajstić information content (AvgIpc) is 2.70. The minimum atomic E-state index is -0.428. The number of amides is 1. The highest BCUT2D eigenvalue weighted by Crippen LogP contribution is 2.21. The van der Waals surface area contributed by atoms with Crippen LogP contribution in [0.2, 0.25) is 5.02 Å². The van der Waals surface area contributed by atoms with Gasteiger partial charge in [-0.25, -0.2) is 4.79 Å². The standard InChI is InChI=1S/C23H21ClN2O2/c24-19-11-13-20(14-12-19)25-23(27)28-21-15-26(16-21)22(17-7-3-1-4-8-17)18-9-5-2-6-10-18/h1-14,21-22H,15-16H2,(H,25,27)/p+1. The van der Waals surface area contributed by atoms with Crippen molar-refractivity contribution in [2.24, 2.45) is 0 Å². The fraction of sp³-hybridized carbons (Fsp3) is 0.174. The van der Waals surface area contributed by atoms with Gasteiger partial charge in [-0.1, -0.05) is 72.3 Å². The van der Waals surface area contributed by atoms with Crippen molar-refractivity contribution in [2.45, 2.75) is 12.1 Å². The molecule has 1 aliphatic rings. The number of carbonyl (C=O) groups excluding carboxylic acids is 1. The number of rotatable bonds is 5. The van der Waals surface area contributed by atoms with Crippen molar-refractivity contribution < 1.29 is 14.4 Å². The van der Waals surface area contributed by atoms with Crippen LogP contribution in [-0.4, -0.2) is 25.3 Å². The van der Waals surface area contributed by atoms with Crippen molar-refractivity contribution in [3.63, 3.8) is 0 Å². The molecule has 1 saturated heterocycles. The van der Waals surface area contributed by atoms with Crippen LogP contribution in [0.3, 0.4) is 0 Å². The van der Waals surface area contributed by atoms with Crippen LogP contribution in [0.15, 0.2) is 84.9 Å². The number of anilines is 1. The highest BCUT2D eigenvalue weighted by atomic mass is 35.5. The summed E-state index contributed by atoms with van der Waals surface area (Å²) in [7, 11) is 0. The van der Waals surface area contributed by atoms with Gasteiger partial charge in [-0.15, -0.1) is 0 Å². The first kappa shape index (κ1) is 18.5. The molecule has 0 atom stereocenters. The molecule has 0 aliphatic carbocycles. The first-order chi connectivity index (χ1) is 13.7. The van der Waals surface area contributed by atoms with Crippen molar-refractivity contribution in [1.29, 1.82) is 0 Å². The van der Waals surface area contributed by atoms with Gasteiger partial charge in [0.05, 0.1) is 0 Å². The molecular weight excluding hydrogens is 372 g/mol. The Morgan fingerprint density at radius 2 is 1.43 bits per heavy atom. The predicted octanol–water partition coefficient (Wildman–Crippen LogP) is 3.95. The van der Waals surface area contributed by atoms with E-state index in [1.165, 1.54) is 16.0 Å². The summed E-state index contributed by atoms with van der Waals surface area (Å²) in [5.41, 5.74) is 3.21. The summed E-state index contributed by atoms with van der Waals surface area (Å²) in [6.07, 6.45) is -0.514. The van der Waals surface area contributed by atoms with Crippen molar-refractivity contribution in [3.05, 3.63) is 101 Å². The second-order valence-electron chi connectivity index (χ2n) is 6.98. The zero-order valence-electron chi connectivity index (χ0n) is 15.3. The van der Waals surface area contributed by atoms with E-state index in [0.29, 0.717) is 10.7 Å². The number of benzene rings is 3. The lowest BCUT2D eigenvalue weighted by Crippen LogP contribution is -3.21. The fourth-order valence-corrected chi connectivity index (χ4v) is 3.76. The summed E-state index contributed by atoms with van der Waals surface area (Å²) < 4.78 is 5.57. The van der Waals surface area contributed by atoms with Gasteiger partial charge in [0.25, 0.3) is 0 Å².